The van der Waals surface area contributed by atoms with Gasteiger partial charge in [-0.15, -0.1) is 0 Å². The van der Waals surface area contributed by atoms with E-state index < -0.39 is 0 Å². The van der Waals surface area contributed by atoms with Crippen molar-refractivity contribution in [3.05, 3.63) is 247 Å². The average molecular weight is 780 g/mol. The highest BCUT2D eigenvalue weighted by Crippen LogP contribution is 2.47. The van der Waals surface area contributed by atoms with E-state index in [1.807, 2.05) is 36.4 Å². The van der Waals surface area contributed by atoms with Gasteiger partial charge in [-0.1, -0.05) is 218 Å². The normalized spacial score (nSPS) is 15.0. The van der Waals surface area contributed by atoms with E-state index in [-0.39, 0.29) is 5.92 Å². The summed E-state index contributed by atoms with van der Waals surface area (Å²) < 4.78 is 0. The fourth-order valence-corrected chi connectivity index (χ4v) is 9.14. The standard InChI is InChI=1S/C58H41N3/c1-4-14-39(15-5-1)40-26-32-45(33-27-40)57-59-56(44-16-6-2-7-17-44)60-58(61-57)46-34-30-43(31-35-46)49-19-11-10-18-48(49)42-28-24-41(25-29-42)47-36-37-54-52-20-8-3-9-21-53(55(54)38-47)51-23-13-12-22-50(51)52/h1-19,21-38,52-53H,20H2/t52-,53?/m1/s1. The van der Waals surface area contributed by atoms with E-state index in [0.29, 0.717) is 23.4 Å². The molecule has 288 valence electrons. The van der Waals surface area contributed by atoms with Gasteiger partial charge < -0.3 is 0 Å². The monoisotopic (exact) mass is 779 g/mol. The first-order valence-electron chi connectivity index (χ1n) is 21.1. The van der Waals surface area contributed by atoms with E-state index >= 15 is 0 Å². The van der Waals surface area contributed by atoms with Crippen LogP contribution in [-0.4, -0.2) is 15.0 Å². The van der Waals surface area contributed by atoms with E-state index in [1.54, 1.807) is 0 Å². The van der Waals surface area contributed by atoms with Gasteiger partial charge in [0.05, 0.1) is 0 Å². The summed E-state index contributed by atoms with van der Waals surface area (Å²) in [5.74, 6) is 2.56. The Morgan fingerprint density at radius 1 is 0.311 bits per heavy atom. The fourth-order valence-electron chi connectivity index (χ4n) is 9.14. The van der Waals surface area contributed by atoms with Gasteiger partial charge in [0.1, 0.15) is 0 Å². The lowest BCUT2D eigenvalue weighted by Crippen LogP contribution is -2.16. The van der Waals surface area contributed by atoms with E-state index in [9.17, 15) is 0 Å². The molecule has 0 spiro atoms. The molecule has 3 aliphatic carbocycles. The van der Waals surface area contributed by atoms with Gasteiger partial charge in [-0.05, 0) is 79.2 Å². The molecule has 1 heterocycles. The summed E-state index contributed by atoms with van der Waals surface area (Å²) in [4.78, 5) is 15.0. The Labute approximate surface area is 357 Å². The van der Waals surface area contributed by atoms with Gasteiger partial charge in [-0.25, -0.2) is 15.0 Å². The molecule has 0 amide bonds. The van der Waals surface area contributed by atoms with Crippen LogP contribution in [-0.2, 0) is 0 Å². The van der Waals surface area contributed by atoms with Gasteiger partial charge in [0.2, 0.25) is 0 Å². The topological polar surface area (TPSA) is 38.7 Å². The van der Waals surface area contributed by atoms with Gasteiger partial charge in [0.25, 0.3) is 0 Å². The smallest absolute Gasteiger partial charge is 0.164 e. The molecular weight excluding hydrogens is 739 g/mol. The lowest BCUT2D eigenvalue weighted by molar-refractivity contribution is 0.758. The third-order valence-electron chi connectivity index (χ3n) is 12.3. The minimum Gasteiger partial charge on any atom is -0.208 e. The highest BCUT2D eigenvalue weighted by Gasteiger charge is 2.31. The number of aromatic nitrogens is 3. The summed E-state index contributed by atoms with van der Waals surface area (Å²) in [7, 11) is 0. The first-order chi connectivity index (χ1) is 30.2. The second kappa shape index (κ2) is 15.8. The molecule has 0 N–H and O–H groups in total. The quantitative estimate of drug-likeness (QED) is 0.162. The van der Waals surface area contributed by atoms with Crippen molar-refractivity contribution in [3.63, 3.8) is 0 Å². The Balaban J connectivity index is 0.893. The highest BCUT2D eigenvalue weighted by molar-refractivity contribution is 5.85. The maximum absolute atomic E-state index is 5.03. The molecule has 3 aliphatic rings. The summed E-state index contributed by atoms with van der Waals surface area (Å²) in [6.07, 6.45) is 10.1. The first-order valence-corrected chi connectivity index (χ1v) is 21.1. The zero-order valence-corrected chi connectivity index (χ0v) is 33.6. The summed E-state index contributed by atoms with van der Waals surface area (Å²) in [6.45, 7) is 0. The number of hydrogen-bond acceptors (Lipinski definition) is 3. The average Bonchev–Trinajstić information content (AvgIpc) is 3.50. The van der Waals surface area contributed by atoms with Crippen LogP contribution < -0.4 is 0 Å². The van der Waals surface area contributed by atoms with Gasteiger partial charge in [0, 0.05) is 28.5 Å². The van der Waals surface area contributed by atoms with E-state index in [1.165, 1.54) is 55.6 Å². The third kappa shape index (κ3) is 7.00. The van der Waals surface area contributed by atoms with Crippen LogP contribution in [0.1, 0.15) is 40.5 Å². The molecular formula is C58H41N3. The zero-order valence-electron chi connectivity index (χ0n) is 33.6. The minimum absolute atomic E-state index is 0.248. The molecule has 2 bridgehead atoms. The molecule has 0 fully saturated rings. The van der Waals surface area contributed by atoms with Gasteiger partial charge in [-0.3, -0.25) is 0 Å². The van der Waals surface area contributed by atoms with Crippen LogP contribution in [0.4, 0.5) is 0 Å². The predicted octanol–water partition coefficient (Wildman–Crippen LogP) is 14.6. The van der Waals surface area contributed by atoms with Gasteiger partial charge in [0.15, 0.2) is 17.5 Å². The molecule has 61 heavy (non-hydrogen) atoms. The summed E-state index contributed by atoms with van der Waals surface area (Å²) in [5.41, 5.74) is 18.0. The van der Waals surface area contributed by atoms with Crippen molar-refractivity contribution in [1.29, 1.82) is 0 Å². The number of nitrogens with zero attached hydrogens (tertiary/aromatic N) is 3. The van der Waals surface area contributed by atoms with Crippen LogP contribution in [0.15, 0.2) is 224 Å². The van der Waals surface area contributed by atoms with E-state index in [4.69, 9.17) is 15.0 Å². The molecule has 0 saturated heterocycles. The summed E-state index contributed by atoms with van der Waals surface area (Å²) in [5, 5.41) is 0. The van der Waals surface area contributed by atoms with Crippen LogP contribution in [0.2, 0.25) is 0 Å². The molecule has 3 heteroatoms. The highest BCUT2D eigenvalue weighted by atomic mass is 15.0. The maximum atomic E-state index is 5.03. The lowest BCUT2D eigenvalue weighted by atomic mass is 9.71. The molecule has 0 saturated carbocycles. The van der Waals surface area contributed by atoms with Crippen LogP contribution in [0.3, 0.4) is 0 Å². The third-order valence-corrected chi connectivity index (χ3v) is 12.3. The van der Waals surface area contributed by atoms with Crippen molar-refractivity contribution in [1.82, 2.24) is 15.0 Å². The first kappa shape index (κ1) is 36.3. The number of allylic oxidation sites excluding steroid dienone is 4. The lowest BCUT2D eigenvalue weighted by Gasteiger charge is -2.32. The number of benzene rings is 8. The van der Waals surface area contributed by atoms with Gasteiger partial charge in [-0.2, -0.15) is 0 Å². The second-order valence-corrected chi connectivity index (χ2v) is 15.9. The number of hydrogen-bond donors (Lipinski definition) is 0. The molecule has 1 unspecified atom stereocenters. The fraction of sp³-hybridized carbons (Fsp3) is 0.0517. The van der Waals surface area contributed by atoms with Crippen molar-refractivity contribution in [3.8, 4) is 78.7 Å². The largest absolute Gasteiger partial charge is 0.208 e. The Hall–Kier alpha value is -7.75. The molecule has 9 aromatic rings. The molecule has 1 aromatic heterocycles. The van der Waals surface area contributed by atoms with Crippen molar-refractivity contribution < 1.29 is 0 Å². The van der Waals surface area contributed by atoms with Crippen LogP contribution >= 0.6 is 0 Å². The molecule has 0 aliphatic heterocycles. The second-order valence-electron chi connectivity index (χ2n) is 15.9. The van der Waals surface area contributed by atoms with Crippen molar-refractivity contribution in [2.24, 2.45) is 0 Å². The van der Waals surface area contributed by atoms with Crippen molar-refractivity contribution in [2.75, 3.05) is 0 Å². The zero-order chi connectivity index (χ0) is 40.5. The van der Waals surface area contributed by atoms with Gasteiger partial charge >= 0.3 is 0 Å². The minimum atomic E-state index is 0.248. The van der Waals surface area contributed by atoms with Crippen molar-refractivity contribution >= 4 is 0 Å². The van der Waals surface area contributed by atoms with Crippen LogP contribution in [0.5, 0.6) is 0 Å². The van der Waals surface area contributed by atoms with Crippen molar-refractivity contribution in [2.45, 2.75) is 18.3 Å². The maximum Gasteiger partial charge on any atom is 0.164 e. The number of fused-ring (bicyclic) bond motifs is 2. The van der Waals surface area contributed by atoms with E-state index in [0.717, 1.165) is 34.2 Å². The molecule has 2 atom stereocenters. The molecule has 12 rings (SSSR count). The SMILES string of the molecule is C1=CC[C@@H]2c3ccccc3C(C=C1)c1cc(-c3ccc(-c4ccccc4-c4ccc(-c5nc(-c6ccccc6)nc(-c6ccc(-c7ccccc7)cc6)n5)cc4)cc3)ccc12. The van der Waals surface area contributed by atoms with E-state index in [2.05, 4.69) is 188 Å². The Bertz CT molecular complexity index is 3070. The Morgan fingerprint density at radius 3 is 1.31 bits per heavy atom. The summed E-state index contributed by atoms with van der Waals surface area (Å²) >= 11 is 0. The predicted molar refractivity (Wildman–Crippen MR) is 251 cm³/mol. The van der Waals surface area contributed by atoms with Crippen LogP contribution in [0, 0.1) is 0 Å². The molecule has 0 radical (unpaired) electrons. The summed E-state index contributed by atoms with van der Waals surface area (Å²) in [6, 6.07) is 71.5. The van der Waals surface area contributed by atoms with Crippen LogP contribution in [0.25, 0.3) is 78.7 Å². The Kier molecular flexibility index (Phi) is 9.40. The molecule has 3 nitrogen and oxygen atoms in total. The Morgan fingerprint density at radius 2 is 0.721 bits per heavy atom. The number of rotatable bonds is 7. The molecule has 8 aromatic carbocycles.